The molecule has 2 atom stereocenters. The molecule has 0 aromatic heterocycles. The molecule has 0 bridgehead atoms. The van der Waals surface area contributed by atoms with Crippen molar-refractivity contribution in [2.24, 2.45) is 0 Å². The number of hydrogen-bond acceptors (Lipinski definition) is 3. The van der Waals surface area contributed by atoms with Crippen LogP contribution in [0.25, 0.3) is 0 Å². The van der Waals surface area contributed by atoms with E-state index >= 15 is 0 Å². The second-order valence-electron chi connectivity index (χ2n) is 12.6. The van der Waals surface area contributed by atoms with Crippen molar-refractivity contribution in [1.29, 1.82) is 0 Å². The molecule has 3 saturated heterocycles. The summed E-state index contributed by atoms with van der Waals surface area (Å²) in [6.45, 7) is 23.6. The van der Waals surface area contributed by atoms with Crippen molar-refractivity contribution < 1.29 is 4.57 Å². The first-order chi connectivity index (χ1) is 12.4. The molecule has 0 aromatic carbocycles. The van der Waals surface area contributed by atoms with Crippen molar-refractivity contribution in [2.45, 2.75) is 128 Å². The molecular weight excluding hydrogens is 367 g/mol. The quantitative estimate of drug-likeness (QED) is 0.657. The summed E-state index contributed by atoms with van der Waals surface area (Å²) in [6, 6.07) is 1.08. The highest BCUT2D eigenvalue weighted by Gasteiger charge is 2.54. The van der Waals surface area contributed by atoms with Crippen LogP contribution >= 0.6 is 7.44 Å². The Balaban J connectivity index is 1.88. The Hall–Kier alpha value is 0.0700. The lowest BCUT2D eigenvalue weighted by Gasteiger charge is -2.52. The van der Waals surface area contributed by atoms with Gasteiger partial charge < -0.3 is 10.6 Å². The zero-order valence-corrected chi connectivity index (χ0v) is 20.9. The van der Waals surface area contributed by atoms with E-state index in [4.69, 9.17) is 0 Å². The maximum atomic E-state index is 14.3. The Labute approximate surface area is 173 Å². The van der Waals surface area contributed by atoms with Gasteiger partial charge in [0.1, 0.15) is 0 Å². The van der Waals surface area contributed by atoms with Crippen LogP contribution < -0.4 is 10.6 Å². The molecule has 0 aliphatic carbocycles. The van der Waals surface area contributed by atoms with Gasteiger partial charge in [0.15, 0.2) is 0 Å². The lowest BCUT2D eigenvalue weighted by atomic mass is 9.79. The minimum absolute atomic E-state index is 0.0678. The van der Waals surface area contributed by atoms with E-state index in [0.717, 1.165) is 32.2 Å². The number of nitrogens with one attached hydrogen (secondary N) is 2. The van der Waals surface area contributed by atoms with E-state index in [1.807, 2.05) is 6.66 Å². The third kappa shape index (κ3) is 4.54. The summed E-state index contributed by atoms with van der Waals surface area (Å²) >= 11 is 0. The standard InChI is InChI=1S/C22H45N4OP/c1-16-15-25(17-11-19(2,3)23-20(4,5)12-17)28(10,27)26(16)18-13-21(6,7)24-22(8,9)14-18/h16-18,23-24H,11-15H2,1-10H3. The van der Waals surface area contributed by atoms with E-state index in [1.54, 1.807) is 0 Å². The normalized spacial score (nSPS) is 39.3. The molecular formula is C22H45N4OP. The summed E-state index contributed by atoms with van der Waals surface area (Å²) in [5.74, 6) is 0. The Kier molecular flexibility index (Phi) is 5.51. The fourth-order valence-electron chi connectivity index (χ4n) is 7.05. The summed E-state index contributed by atoms with van der Waals surface area (Å²) in [4.78, 5) is 0. The van der Waals surface area contributed by atoms with Crippen molar-refractivity contribution in [1.82, 2.24) is 20.0 Å². The lowest BCUT2D eigenvalue weighted by Crippen LogP contribution is -2.62. The summed E-state index contributed by atoms with van der Waals surface area (Å²) in [5.41, 5.74) is 0.278. The third-order valence-electron chi connectivity index (χ3n) is 6.94. The third-order valence-corrected chi connectivity index (χ3v) is 9.96. The molecule has 28 heavy (non-hydrogen) atoms. The van der Waals surface area contributed by atoms with E-state index in [-0.39, 0.29) is 22.2 Å². The molecule has 3 rings (SSSR count). The molecule has 0 spiro atoms. The Morgan fingerprint density at radius 3 is 1.50 bits per heavy atom. The summed E-state index contributed by atoms with van der Waals surface area (Å²) < 4.78 is 19.2. The molecule has 0 aromatic rings. The molecule has 164 valence electrons. The fourth-order valence-corrected chi connectivity index (χ4v) is 10.2. The maximum Gasteiger partial charge on any atom is 0.214 e. The summed E-state index contributed by atoms with van der Waals surface area (Å²) in [6.07, 6.45) is 4.21. The van der Waals surface area contributed by atoms with Crippen molar-refractivity contribution in [2.75, 3.05) is 13.2 Å². The van der Waals surface area contributed by atoms with E-state index in [0.29, 0.717) is 18.1 Å². The number of nitrogens with zero attached hydrogens (tertiary/aromatic N) is 2. The van der Waals surface area contributed by atoms with E-state index in [2.05, 4.69) is 82.3 Å². The Bertz CT molecular complexity index is 625. The van der Waals surface area contributed by atoms with Crippen molar-refractivity contribution in [3.05, 3.63) is 0 Å². The lowest BCUT2D eigenvalue weighted by molar-refractivity contribution is 0.0988. The van der Waals surface area contributed by atoms with E-state index in [9.17, 15) is 4.57 Å². The van der Waals surface area contributed by atoms with Crippen molar-refractivity contribution in [3.8, 4) is 0 Å². The minimum atomic E-state index is -2.57. The zero-order valence-electron chi connectivity index (χ0n) is 20.0. The van der Waals surface area contributed by atoms with Gasteiger partial charge in [-0.1, -0.05) is 0 Å². The van der Waals surface area contributed by atoms with Gasteiger partial charge in [0.25, 0.3) is 0 Å². The topological polar surface area (TPSA) is 47.6 Å². The van der Waals surface area contributed by atoms with Gasteiger partial charge in [0.05, 0.1) is 0 Å². The van der Waals surface area contributed by atoms with Gasteiger partial charge in [-0.2, -0.15) is 0 Å². The van der Waals surface area contributed by atoms with Gasteiger partial charge >= 0.3 is 0 Å². The number of piperidine rings is 2. The monoisotopic (exact) mass is 412 g/mol. The average molecular weight is 413 g/mol. The second kappa shape index (κ2) is 6.79. The van der Waals surface area contributed by atoms with Crippen LogP contribution in [-0.4, -0.2) is 62.8 Å². The molecule has 0 radical (unpaired) electrons. The molecule has 3 aliphatic heterocycles. The van der Waals surface area contributed by atoms with Crippen molar-refractivity contribution >= 4 is 7.44 Å². The summed E-state index contributed by atoms with van der Waals surface area (Å²) in [7, 11) is -2.57. The van der Waals surface area contributed by atoms with Gasteiger partial charge in [0.2, 0.25) is 7.44 Å². The largest absolute Gasteiger partial charge is 0.307 e. The van der Waals surface area contributed by atoms with Crippen LogP contribution in [-0.2, 0) is 4.57 Å². The Morgan fingerprint density at radius 1 is 0.750 bits per heavy atom. The van der Waals surface area contributed by atoms with Gasteiger partial charge in [-0.05, 0) is 88.0 Å². The number of rotatable bonds is 2. The summed E-state index contributed by atoms with van der Waals surface area (Å²) in [5, 5.41) is 7.57. The van der Waals surface area contributed by atoms with Crippen molar-refractivity contribution in [3.63, 3.8) is 0 Å². The van der Waals surface area contributed by atoms with Crippen LogP contribution in [0.2, 0.25) is 0 Å². The molecule has 3 aliphatic rings. The smallest absolute Gasteiger partial charge is 0.214 e. The van der Waals surface area contributed by atoms with E-state index in [1.165, 1.54) is 0 Å². The molecule has 6 heteroatoms. The molecule has 3 fully saturated rings. The van der Waals surface area contributed by atoms with Crippen LogP contribution in [0.5, 0.6) is 0 Å². The molecule has 0 amide bonds. The van der Waals surface area contributed by atoms with E-state index < -0.39 is 7.44 Å². The van der Waals surface area contributed by atoms with Gasteiger partial charge in [-0.3, -0.25) is 4.57 Å². The highest BCUT2D eigenvalue weighted by atomic mass is 31.2. The van der Waals surface area contributed by atoms with Gasteiger partial charge in [-0.15, -0.1) is 0 Å². The molecule has 5 nitrogen and oxygen atoms in total. The van der Waals surface area contributed by atoms with Crippen LogP contribution in [0.4, 0.5) is 0 Å². The second-order valence-corrected chi connectivity index (χ2v) is 15.2. The average Bonchev–Trinajstić information content (AvgIpc) is 2.60. The van der Waals surface area contributed by atoms with Crippen LogP contribution in [0.1, 0.15) is 88.0 Å². The number of hydrogen-bond donors (Lipinski definition) is 2. The van der Waals surface area contributed by atoms with Crippen LogP contribution in [0, 0.1) is 0 Å². The van der Waals surface area contributed by atoms with Gasteiger partial charge in [-0.25, -0.2) is 9.34 Å². The Morgan fingerprint density at radius 2 is 1.11 bits per heavy atom. The fraction of sp³-hybridized carbons (Fsp3) is 1.00. The first-order valence-electron chi connectivity index (χ1n) is 11.2. The molecule has 2 N–H and O–H groups in total. The molecule has 2 unspecified atom stereocenters. The maximum absolute atomic E-state index is 14.3. The zero-order chi connectivity index (χ0) is 21.3. The van der Waals surface area contributed by atoms with Crippen LogP contribution in [0.3, 0.4) is 0 Å². The molecule has 3 heterocycles. The highest BCUT2D eigenvalue weighted by Crippen LogP contribution is 2.61. The predicted molar refractivity (Wildman–Crippen MR) is 120 cm³/mol. The van der Waals surface area contributed by atoms with Gasteiger partial charge in [0, 0.05) is 53.5 Å². The highest BCUT2D eigenvalue weighted by molar-refractivity contribution is 7.58. The predicted octanol–water partition coefficient (Wildman–Crippen LogP) is 4.43. The van der Waals surface area contributed by atoms with Crippen LogP contribution in [0.15, 0.2) is 0 Å². The molecule has 0 saturated carbocycles. The minimum Gasteiger partial charge on any atom is -0.307 e. The first kappa shape index (κ1) is 22.7. The first-order valence-corrected chi connectivity index (χ1v) is 13.2. The SMILES string of the molecule is CC1CN(C2CC(C)(C)NC(C)(C)C2)P(C)(=O)N1C1CC(C)(C)NC(C)(C)C1.